The van der Waals surface area contributed by atoms with E-state index in [1.54, 1.807) is 0 Å². The number of hydrogen-bond donors (Lipinski definition) is 2. The van der Waals surface area contributed by atoms with Gasteiger partial charge in [0.25, 0.3) is 0 Å². The van der Waals surface area contributed by atoms with Gasteiger partial charge in [-0.25, -0.2) is 4.57 Å². The van der Waals surface area contributed by atoms with E-state index in [1.165, 1.54) is 135 Å². The fourth-order valence-electron chi connectivity index (χ4n) is 5.75. The molecule has 0 amide bonds. The van der Waals surface area contributed by atoms with Crippen LogP contribution in [0.2, 0.25) is 0 Å². The van der Waals surface area contributed by atoms with Gasteiger partial charge in [0.1, 0.15) is 6.61 Å². The number of phosphoric acid groups is 1. The minimum absolute atomic E-state index is 0.0577. The molecule has 48 heavy (non-hydrogen) atoms. The van der Waals surface area contributed by atoms with Crippen LogP contribution in [-0.2, 0) is 32.7 Å². The minimum atomic E-state index is -4.36. The van der Waals surface area contributed by atoms with E-state index in [2.05, 4.69) is 13.8 Å². The molecule has 0 saturated carbocycles. The van der Waals surface area contributed by atoms with Gasteiger partial charge in [0.05, 0.1) is 13.2 Å². The number of esters is 2. The number of rotatable bonds is 38. The van der Waals surface area contributed by atoms with Crippen molar-refractivity contribution in [2.24, 2.45) is 5.73 Å². The maximum atomic E-state index is 12.5. The molecule has 3 N–H and O–H groups in total. The molecule has 0 saturated heterocycles. The predicted molar refractivity (Wildman–Crippen MR) is 197 cm³/mol. The maximum absolute atomic E-state index is 12.5. The Hall–Kier alpha value is -0.990. The first-order valence-electron chi connectivity index (χ1n) is 20.0. The van der Waals surface area contributed by atoms with Gasteiger partial charge in [0.2, 0.25) is 0 Å². The lowest BCUT2D eigenvalue weighted by molar-refractivity contribution is -0.161. The van der Waals surface area contributed by atoms with Crippen molar-refractivity contribution in [3.63, 3.8) is 0 Å². The van der Waals surface area contributed by atoms with E-state index in [1.807, 2.05) is 0 Å². The zero-order valence-electron chi connectivity index (χ0n) is 31.2. The molecule has 0 aromatic carbocycles. The molecule has 0 bridgehead atoms. The van der Waals surface area contributed by atoms with Gasteiger partial charge in [-0.2, -0.15) is 0 Å². The van der Waals surface area contributed by atoms with Gasteiger partial charge in [-0.3, -0.25) is 18.6 Å². The Morgan fingerprint density at radius 1 is 0.542 bits per heavy atom. The maximum Gasteiger partial charge on any atom is 0.472 e. The van der Waals surface area contributed by atoms with Crippen molar-refractivity contribution in [3.05, 3.63) is 0 Å². The van der Waals surface area contributed by atoms with Crippen molar-refractivity contribution < 1.29 is 37.6 Å². The van der Waals surface area contributed by atoms with E-state index in [0.717, 1.165) is 32.1 Å². The third kappa shape index (κ3) is 34.9. The van der Waals surface area contributed by atoms with Crippen LogP contribution in [0.5, 0.6) is 0 Å². The van der Waals surface area contributed by atoms with Crippen LogP contribution < -0.4 is 5.73 Å². The molecule has 0 fully saturated rings. The Balaban J connectivity index is 4.10. The number of carbonyl (C=O) groups excluding carboxylic acids is 2. The summed E-state index contributed by atoms with van der Waals surface area (Å²) < 4.78 is 32.6. The standard InChI is InChI=1S/C38H76NO8P/c1-3-5-7-9-11-13-15-16-17-18-19-20-21-23-24-26-28-30-37(40)44-34-36(35-46-48(42,43)45-33-32-39)47-38(41)31-29-27-25-22-14-12-10-8-6-4-2/h36H,3-35,39H2,1-2H3,(H,42,43)/t36-/m1/s1. The van der Waals surface area contributed by atoms with Gasteiger partial charge in [-0.05, 0) is 12.8 Å². The lowest BCUT2D eigenvalue weighted by Gasteiger charge is -2.19. The molecule has 0 rings (SSSR count). The Morgan fingerprint density at radius 3 is 1.27 bits per heavy atom. The molecule has 0 aliphatic heterocycles. The molecule has 2 atom stereocenters. The summed E-state index contributed by atoms with van der Waals surface area (Å²) >= 11 is 0. The van der Waals surface area contributed by atoms with Crippen LogP contribution in [0.25, 0.3) is 0 Å². The summed E-state index contributed by atoms with van der Waals surface area (Å²) in [4.78, 5) is 34.7. The SMILES string of the molecule is CCCCCCCCCCCCCCCCCCCC(=O)OC[C@H](COP(=O)(O)OCCN)OC(=O)CCCCCCCCCCCC. The van der Waals surface area contributed by atoms with Crippen LogP contribution in [0.4, 0.5) is 0 Å². The molecule has 0 spiro atoms. The molecule has 9 nitrogen and oxygen atoms in total. The summed E-state index contributed by atoms with van der Waals surface area (Å²) in [5.41, 5.74) is 5.33. The number of unbranched alkanes of at least 4 members (excludes halogenated alkanes) is 25. The van der Waals surface area contributed by atoms with E-state index < -0.39 is 26.5 Å². The Bertz CT molecular complexity index is 769. The van der Waals surface area contributed by atoms with Crippen molar-refractivity contribution in [1.29, 1.82) is 0 Å². The topological polar surface area (TPSA) is 134 Å². The van der Waals surface area contributed by atoms with E-state index in [4.69, 9.17) is 24.3 Å². The van der Waals surface area contributed by atoms with E-state index in [0.29, 0.717) is 6.42 Å². The first-order chi connectivity index (χ1) is 23.3. The average Bonchev–Trinajstić information content (AvgIpc) is 3.07. The number of nitrogens with two attached hydrogens (primary N) is 1. The molecule has 0 aliphatic rings. The highest BCUT2D eigenvalue weighted by atomic mass is 31.2. The van der Waals surface area contributed by atoms with E-state index >= 15 is 0 Å². The highest BCUT2D eigenvalue weighted by Gasteiger charge is 2.26. The van der Waals surface area contributed by atoms with Gasteiger partial charge in [0, 0.05) is 19.4 Å². The highest BCUT2D eigenvalue weighted by molar-refractivity contribution is 7.47. The number of carbonyl (C=O) groups is 2. The molecule has 0 aromatic heterocycles. The second kappa shape index (κ2) is 35.8. The zero-order valence-corrected chi connectivity index (χ0v) is 32.1. The van der Waals surface area contributed by atoms with Crippen LogP contribution in [0, 0.1) is 0 Å². The monoisotopic (exact) mass is 706 g/mol. The molecular formula is C38H76NO8P. The lowest BCUT2D eigenvalue weighted by Crippen LogP contribution is -2.29. The first kappa shape index (κ1) is 47.0. The molecule has 0 aliphatic carbocycles. The van der Waals surface area contributed by atoms with Crippen molar-refractivity contribution in [2.75, 3.05) is 26.4 Å². The zero-order chi connectivity index (χ0) is 35.4. The first-order valence-corrected chi connectivity index (χ1v) is 21.5. The molecule has 1 unspecified atom stereocenters. The second-order valence-corrected chi connectivity index (χ2v) is 15.0. The fraction of sp³-hybridized carbons (Fsp3) is 0.947. The highest BCUT2D eigenvalue weighted by Crippen LogP contribution is 2.43. The molecule has 286 valence electrons. The predicted octanol–water partition coefficient (Wildman–Crippen LogP) is 10.9. The van der Waals surface area contributed by atoms with Gasteiger partial charge in [-0.1, -0.05) is 174 Å². The quantitative estimate of drug-likeness (QED) is 0.0365. The summed E-state index contributed by atoms with van der Waals surface area (Å²) in [7, 11) is -4.36. The number of ether oxygens (including phenoxy) is 2. The van der Waals surface area contributed by atoms with Gasteiger partial charge < -0.3 is 20.1 Å². The summed E-state index contributed by atoms with van der Waals surface area (Å²) in [6, 6.07) is 0. The largest absolute Gasteiger partial charge is 0.472 e. The summed E-state index contributed by atoms with van der Waals surface area (Å²) in [5, 5.41) is 0. The summed E-state index contributed by atoms with van der Waals surface area (Å²) in [6.07, 6.45) is 32.8. The average molecular weight is 706 g/mol. The normalized spacial score (nSPS) is 13.3. The summed E-state index contributed by atoms with van der Waals surface area (Å²) in [6.45, 7) is 3.74. The molecule has 0 heterocycles. The Morgan fingerprint density at radius 2 is 0.896 bits per heavy atom. The molecule has 0 aromatic rings. The minimum Gasteiger partial charge on any atom is -0.462 e. The van der Waals surface area contributed by atoms with Crippen molar-refractivity contribution in [1.82, 2.24) is 0 Å². The van der Waals surface area contributed by atoms with Gasteiger partial charge >= 0.3 is 19.8 Å². The molecule has 0 radical (unpaired) electrons. The fourth-order valence-corrected chi connectivity index (χ4v) is 6.52. The molecular weight excluding hydrogens is 629 g/mol. The van der Waals surface area contributed by atoms with E-state index in [-0.39, 0.29) is 38.6 Å². The summed E-state index contributed by atoms with van der Waals surface area (Å²) in [5.74, 6) is -0.818. The van der Waals surface area contributed by atoms with Crippen molar-refractivity contribution in [3.8, 4) is 0 Å². The van der Waals surface area contributed by atoms with Crippen LogP contribution in [-0.4, -0.2) is 49.3 Å². The lowest BCUT2D eigenvalue weighted by atomic mass is 10.0. The Kier molecular flexibility index (Phi) is 35.1. The van der Waals surface area contributed by atoms with Crippen LogP contribution in [0.3, 0.4) is 0 Å². The van der Waals surface area contributed by atoms with Crippen molar-refractivity contribution >= 4 is 19.8 Å². The van der Waals surface area contributed by atoms with Crippen LogP contribution in [0.15, 0.2) is 0 Å². The van der Waals surface area contributed by atoms with E-state index in [9.17, 15) is 19.0 Å². The van der Waals surface area contributed by atoms with Crippen molar-refractivity contribution in [2.45, 2.75) is 206 Å². The van der Waals surface area contributed by atoms with Gasteiger partial charge in [0.15, 0.2) is 6.10 Å². The van der Waals surface area contributed by atoms with Crippen LogP contribution in [0.1, 0.15) is 200 Å². The van der Waals surface area contributed by atoms with Gasteiger partial charge in [-0.15, -0.1) is 0 Å². The third-order valence-corrected chi connectivity index (χ3v) is 9.73. The smallest absolute Gasteiger partial charge is 0.462 e. The second-order valence-electron chi connectivity index (χ2n) is 13.5. The Labute approximate surface area is 295 Å². The number of phosphoric ester groups is 1. The third-order valence-electron chi connectivity index (χ3n) is 8.74. The van der Waals surface area contributed by atoms with Crippen LogP contribution >= 0.6 is 7.82 Å². The number of hydrogen-bond acceptors (Lipinski definition) is 8. The molecule has 10 heteroatoms.